The largest absolute Gasteiger partial charge is 0.493 e. The first-order chi connectivity index (χ1) is 23.0. The summed E-state index contributed by atoms with van der Waals surface area (Å²) in [6, 6.07) is 16.8. The van der Waals surface area contributed by atoms with E-state index in [-0.39, 0.29) is 11.6 Å². The van der Waals surface area contributed by atoms with Crippen molar-refractivity contribution in [2.75, 3.05) is 6.61 Å². The third-order valence-corrected chi connectivity index (χ3v) is 11.8. The summed E-state index contributed by atoms with van der Waals surface area (Å²) < 4.78 is 12.2. The molecular formula is C37H38ClN5O3S2. The number of benzene rings is 3. The van der Waals surface area contributed by atoms with E-state index in [0.717, 1.165) is 83.3 Å². The molecule has 3 aromatic heterocycles. The molecule has 48 heavy (non-hydrogen) atoms. The third-order valence-electron chi connectivity index (χ3n) is 9.45. The number of nitrogens with zero attached hydrogens (tertiary/aromatic N) is 5. The summed E-state index contributed by atoms with van der Waals surface area (Å²) >= 11 is 10.6. The van der Waals surface area contributed by atoms with Crippen LogP contribution in [0.3, 0.4) is 0 Å². The predicted molar refractivity (Wildman–Crippen MR) is 197 cm³/mol. The van der Waals surface area contributed by atoms with Crippen molar-refractivity contribution in [3.05, 3.63) is 93.2 Å². The maximum Gasteiger partial charge on any atom is 0.352 e. The smallest absolute Gasteiger partial charge is 0.352 e. The summed E-state index contributed by atoms with van der Waals surface area (Å²) in [5.41, 5.74) is 8.88. The van der Waals surface area contributed by atoms with Crippen molar-refractivity contribution in [1.82, 2.24) is 24.1 Å². The van der Waals surface area contributed by atoms with Gasteiger partial charge in [-0.3, -0.25) is 9.36 Å². The van der Waals surface area contributed by atoms with Gasteiger partial charge in [0.2, 0.25) is 0 Å². The quantitative estimate of drug-likeness (QED) is 0.183. The maximum absolute atomic E-state index is 12.9. The van der Waals surface area contributed by atoms with E-state index in [0.29, 0.717) is 23.8 Å². The van der Waals surface area contributed by atoms with Crippen LogP contribution in [0.15, 0.2) is 53.4 Å². The van der Waals surface area contributed by atoms with Gasteiger partial charge in [-0.15, -0.1) is 23.5 Å². The number of aryl methyl sites for hydroxylation is 4. The van der Waals surface area contributed by atoms with Crippen LogP contribution < -0.4 is 4.74 Å². The number of fused-ring (bicyclic) bond motifs is 8. The number of ether oxygens (including phenoxy) is 1. The molecule has 1 aliphatic rings. The number of carbonyl (C=O) groups is 1. The molecule has 0 fully saturated rings. The number of rotatable bonds is 1. The fourth-order valence-electron chi connectivity index (χ4n) is 6.96. The number of thioether (sulfide) groups is 2. The second-order valence-corrected chi connectivity index (χ2v) is 15.1. The molecule has 0 spiro atoms. The maximum atomic E-state index is 12.9. The molecule has 1 N–H and O–H groups in total. The minimum Gasteiger partial charge on any atom is -0.493 e. The van der Waals surface area contributed by atoms with Crippen LogP contribution in [0, 0.1) is 13.8 Å². The molecule has 0 amide bonds. The molecule has 7 rings (SSSR count). The number of aromatic nitrogens is 5. The van der Waals surface area contributed by atoms with Crippen LogP contribution in [0.4, 0.5) is 0 Å². The van der Waals surface area contributed by atoms with Gasteiger partial charge in [0.1, 0.15) is 11.4 Å². The Morgan fingerprint density at radius 2 is 1.75 bits per heavy atom. The van der Waals surface area contributed by atoms with Crippen molar-refractivity contribution in [3.63, 3.8) is 0 Å². The summed E-state index contributed by atoms with van der Waals surface area (Å²) in [5, 5.41) is 24.0. The molecule has 8 nitrogen and oxygen atoms in total. The molecule has 3 aromatic carbocycles. The van der Waals surface area contributed by atoms with Gasteiger partial charge in [-0.25, -0.2) is 4.79 Å². The molecule has 8 bridgehead atoms. The van der Waals surface area contributed by atoms with Crippen LogP contribution >= 0.6 is 35.1 Å². The molecule has 0 saturated heterocycles. The van der Waals surface area contributed by atoms with Gasteiger partial charge in [0, 0.05) is 76.6 Å². The zero-order valence-electron chi connectivity index (χ0n) is 27.9. The van der Waals surface area contributed by atoms with E-state index >= 15 is 0 Å². The lowest BCUT2D eigenvalue weighted by Crippen LogP contribution is -2.11. The number of carboxylic acids is 1. The van der Waals surface area contributed by atoms with E-state index in [9.17, 15) is 9.90 Å². The van der Waals surface area contributed by atoms with E-state index in [1.165, 1.54) is 5.56 Å². The minimum atomic E-state index is -0.965. The molecule has 0 unspecified atom stereocenters. The number of halogens is 1. The summed E-state index contributed by atoms with van der Waals surface area (Å²) in [7, 11) is 5.77. The van der Waals surface area contributed by atoms with E-state index in [1.807, 2.05) is 49.6 Å². The first-order valence-corrected chi connectivity index (χ1v) is 18.5. The lowest BCUT2D eigenvalue weighted by Gasteiger charge is -2.16. The first kappa shape index (κ1) is 32.7. The average Bonchev–Trinajstić information content (AvgIpc) is 3.65. The van der Waals surface area contributed by atoms with Gasteiger partial charge < -0.3 is 14.4 Å². The van der Waals surface area contributed by atoms with Crippen molar-refractivity contribution < 1.29 is 14.6 Å². The van der Waals surface area contributed by atoms with Crippen molar-refractivity contribution in [2.45, 2.75) is 55.3 Å². The molecule has 0 radical (unpaired) electrons. The van der Waals surface area contributed by atoms with Gasteiger partial charge >= 0.3 is 5.97 Å². The van der Waals surface area contributed by atoms with E-state index in [2.05, 4.69) is 50.2 Å². The fourth-order valence-corrected chi connectivity index (χ4v) is 9.04. The molecular weight excluding hydrogens is 662 g/mol. The SMILES string of the molecule is Cc1ccc2c3cc(cc2c1)SCc1cc(nn1C)CSCc1nn(C)c(C)c1-c1c(Cl)ccc2c(c(C(=O)O)n(C)c12)[C@H](C)CCO3. The lowest BCUT2D eigenvalue weighted by atomic mass is 9.93. The lowest BCUT2D eigenvalue weighted by molar-refractivity contribution is 0.0685. The Balaban J connectivity index is 1.38. The van der Waals surface area contributed by atoms with Gasteiger partial charge in [-0.2, -0.15) is 10.2 Å². The van der Waals surface area contributed by atoms with E-state index < -0.39 is 5.97 Å². The second kappa shape index (κ2) is 12.9. The Bertz CT molecular complexity index is 2230. The van der Waals surface area contributed by atoms with E-state index in [1.54, 1.807) is 28.1 Å². The fraction of sp³-hybridized carbons (Fsp3) is 0.324. The second-order valence-electron chi connectivity index (χ2n) is 12.7. The Morgan fingerprint density at radius 3 is 2.54 bits per heavy atom. The normalized spacial score (nSPS) is 15.8. The van der Waals surface area contributed by atoms with Crippen LogP contribution in [0.5, 0.6) is 5.75 Å². The molecule has 11 heteroatoms. The molecule has 0 aliphatic carbocycles. The molecule has 248 valence electrons. The molecule has 6 aromatic rings. The monoisotopic (exact) mass is 699 g/mol. The average molecular weight is 700 g/mol. The highest BCUT2D eigenvalue weighted by molar-refractivity contribution is 7.98. The number of hydrogen-bond acceptors (Lipinski definition) is 6. The zero-order valence-corrected chi connectivity index (χ0v) is 30.3. The highest BCUT2D eigenvalue weighted by atomic mass is 35.5. The van der Waals surface area contributed by atoms with Crippen LogP contribution in [-0.4, -0.2) is 41.8 Å². The summed E-state index contributed by atoms with van der Waals surface area (Å²) in [6.45, 7) is 6.66. The number of carboxylic acid groups (broad SMARTS) is 1. The van der Waals surface area contributed by atoms with Crippen molar-refractivity contribution >= 4 is 62.8 Å². The van der Waals surface area contributed by atoms with Crippen molar-refractivity contribution in [1.29, 1.82) is 0 Å². The van der Waals surface area contributed by atoms with Gasteiger partial charge in [0.25, 0.3) is 0 Å². The Kier molecular flexibility index (Phi) is 8.76. The van der Waals surface area contributed by atoms with Crippen LogP contribution in [-0.2, 0) is 38.4 Å². The predicted octanol–water partition coefficient (Wildman–Crippen LogP) is 9.05. The van der Waals surface area contributed by atoms with Gasteiger partial charge in [-0.1, -0.05) is 48.4 Å². The Morgan fingerprint density at radius 1 is 0.958 bits per heavy atom. The Labute approximate surface area is 293 Å². The minimum absolute atomic E-state index is 0.0992. The van der Waals surface area contributed by atoms with Crippen molar-refractivity contribution in [3.8, 4) is 16.9 Å². The molecule has 4 heterocycles. The molecule has 1 atom stereocenters. The first-order valence-electron chi connectivity index (χ1n) is 16.0. The highest BCUT2D eigenvalue weighted by Gasteiger charge is 2.29. The summed E-state index contributed by atoms with van der Waals surface area (Å²) in [6.07, 6.45) is 0.633. The Hall–Kier alpha value is -3.86. The molecule has 1 aliphatic heterocycles. The molecule has 0 saturated carbocycles. The van der Waals surface area contributed by atoms with Gasteiger partial charge in [0.15, 0.2) is 0 Å². The standard InChI is InChI=1S/C37H38ClN5O3S2/c1-20-7-8-27-23(13-20)14-26-16-31(27)46-12-11-21(2)32-28-9-10-29(38)34(35(28)41(4)36(32)37(44)45)33-22(3)42(5)40-30(33)19-47-17-24-15-25(18-48-26)43(6)39-24/h7-10,13-16,21H,11-12,17-19H2,1-6H3,(H,44,45)/t21-/m1/s1. The van der Waals surface area contributed by atoms with Crippen LogP contribution in [0.2, 0.25) is 5.02 Å². The third kappa shape index (κ3) is 5.77. The van der Waals surface area contributed by atoms with E-state index in [4.69, 9.17) is 26.5 Å². The summed E-state index contributed by atoms with van der Waals surface area (Å²) in [4.78, 5) is 14.0. The van der Waals surface area contributed by atoms with Gasteiger partial charge in [0.05, 0.1) is 28.5 Å². The number of hydrogen-bond donors (Lipinski definition) is 1. The van der Waals surface area contributed by atoms with Crippen LogP contribution in [0.25, 0.3) is 32.8 Å². The van der Waals surface area contributed by atoms with Crippen LogP contribution in [0.1, 0.15) is 63.7 Å². The topological polar surface area (TPSA) is 87.1 Å². The number of aromatic carboxylic acids is 1. The highest BCUT2D eigenvalue weighted by Crippen LogP contribution is 2.44. The van der Waals surface area contributed by atoms with Crippen molar-refractivity contribution in [2.24, 2.45) is 21.1 Å². The van der Waals surface area contributed by atoms with Gasteiger partial charge in [-0.05, 0) is 61.4 Å². The summed E-state index contributed by atoms with van der Waals surface area (Å²) in [5.74, 6) is 1.93. The zero-order chi connectivity index (χ0) is 33.9.